The Morgan fingerprint density at radius 3 is 2.58 bits per heavy atom. The van der Waals surface area contributed by atoms with E-state index in [4.69, 9.17) is 5.11 Å². The van der Waals surface area contributed by atoms with E-state index in [9.17, 15) is 4.79 Å². The zero-order chi connectivity index (χ0) is 8.72. The Morgan fingerprint density at radius 2 is 2.17 bits per heavy atom. The largest absolute Gasteiger partial charge is 0.478 e. The van der Waals surface area contributed by atoms with E-state index < -0.39 is 5.97 Å². The third-order valence-electron chi connectivity index (χ3n) is 3.00. The second-order valence-corrected chi connectivity index (χ2v) is 3.72. The molecule has 64 valence electrons. The van der Waals surface area contributed by atoms with Gasteiger partial charge in [-0.2, -0.15) is 0 Å². The molecule has 0 heterocycles. The zero-order valence-corrected chi connectivity index (χ0v) is 6.86. The average molecular weight is 164 g/mol. The van der Waals surface area contributed by atoms with Gasteiger partial charge >= 0.3 is 5.97 Å². The lowest BCUT2D eigenvalue weighted by Crippen LogP contribution is -2.15. The van der Waals surface area contributed by atoms with Crippen LogP contribution in [0.4, 0.5) is 0 Å². The van der Waals surface area contributed by atoms with Crippen molar-refractivity contribution in [3.63, 3.8) is 0 Å². The number of aliphatic carboxylic acids is 1. The minimum Gasteiger partial charge on any atom is -0.478 e. The number of hydrogen-bond donors (Lipinski definition) is 1. The van der Waals surface area contributed by atoms with Gasteiger partial charge in [0.1, 0.15) is 0 Å². The molecule has 2 aliphatic rings. The maximum atomic E-state index is 10.6. The van der Waals surface area contributed by atoms with E-state index in [1.165, 1.54) is 0 Å². The molecule has 1 saturated carbocycles. The maximum absolute atomic E-state index is 10.6. The number of carboxylic acid groups (broad SMARTS) is 1. The average Bonchev–Trinajstić information content (AvgIpc) is 2.62. The highest BCUT2D eigenvalue weighted by Gasteiger charge is 2.38. The van der Waals surface area contributed by atoms with Gasteiger partial charge in [-0.25, -0.2) is 4.79 Å². The van der Waals surface area contributed by atoms with Gasteiger partial charge in [-0.1, -0.05) is 18.7 Å². The molecule has 1 N–H and O–H groups in total. The van der Waals surface area contributed by atoms with Crippen LogP contribution in [-0.2, 0) is 4.79 Å². The standard InChI is InChI=1S/C10H12O2/c1-6(10(11)12)9-5-7-2-3-8(9)4-7/h2-3,7-9H,1,4-5H2,(H,11,12). The van der Waals surface area contributed by atoms with Crippen molar-refractivity contribution in [2.45, 2.75) is 12.8 Å². The third-order valence-corrected chi connectivity index (χ3v) is 3.00. The summed E-state index contributed by atoms with van der Waals surface area (Å²) in [6.07, 6.45) is 6.48. The molecule has 2 nitrogen and oxygen atoms in total. The molecule has 0 aromatic carbocycles. The fourth-order valence-corrected chi connectivity index (χ4v) is 2.34. The molecule has 2 aliphatic carbocycles. The topological polar surface area (TPSA) is 37.3 Å². The molecule has 0 aromatic rings. The molecule has 12 heavy (non-hydrogen) atoms. The number of carbonyl (C=O) groups is 1. The predicted molar refractivity (Wildman–Crippen MR) is 45.6 cm³/mol. The first-order chi connectivity index (χ1) is 5.68. The van der Waals surface area contributed by atoms with Crippen LogP contribution in [0.5, 0.6) is 0 Å². The van der Waals surface area contributed by atoms with E-state index in [1.54, 1.807) is 0 Å². The SMILES string of the molecule is C=C(C(=O)O)C1CC2C=CC1C2. The Bertz CT molecular complexity index is 265. The second kappa shape index (κ2) is 2.47. The highest BCUT2D eigenvalue weighted by molar-refractivity contribution is 5.86. The van der Waals surface area contributed by atoms with Crippen molar-refractivity contribution in [3.05, 3.63) is 24.3 Å². The fraction of sp³-hybridized carbons (Fsp3) is 0.500. The molecule has 2 bridgehead atoms. The Balaban J connectivity index is 2.13. The van der Waals surface area contributed by atoms with Gasteiger partial charge in [0.05, 0.1) is 0 Å². The highest BCUT2D eigenvalue weighted by Crippen LogP contribution is 2.46. The van der Waals surface area contributed by atoms with Crippen molar-refractivity contribution < 1.29 is 9.90 Å². The summed E-state index contributed by atoms with van der Waals surface area (Å²) in [6.45, 7) is 3.62. The van der Waals surface area contributed by atoms with Crippen molar-refractivity contribution in [1.29, 1.82) is 0 Å². The first-order valence-electron chi connectivity index (χ1n) is 4.29. The number of fused-ring (bicyclic) bond motifs is 2. The molecule has 0 aromatic heterocycles. The monoisotopic (exact) mass is 164 g/mol. The van der Waals surface area contributed by atoms with Crippen LogP contribution >= 0.6 is 0 Å². The molecule has 3 unspecified atom stereocenters. The molecule has 1 fully saturated rings. The third kappa shape index (κ3) is 0.986. The van der Waals surface area contributed by atoms with Crippen LogP contribution < -0.4 is 0 Å². The Hall–Kier alpha value is -1.05. The lowest BCUT2D eigenvalue weighted by atomic mass is 9.87. The smallest absolute Gasteiger partial charge is 0.331 e. The summed E-state index contributed by atoms with van der Waals surface area (Å²) in [5, 5.41) is 8.75. The maximum Gasteiger partial charge on any atom is 0.331 e. The Kier molecular flexibility index (Phi) is 1.56. The van der Waals surface area contributed by atoms with Gasteiger partial charge in [0, 0.05) is 5.57 Å². The number of rotatable bonds is 2. The van der Waals surface area contributed by atoms with E-state index in [0.29, 0.717) is 17.4 Å². The van der Waals surface area contributed by atoms with Crippen LogP contribution in [0.15, 0.2) is 24.3 Å². The summed E-state index contributed by atoms with van der Waals surface area (Å²) >= 11 is 0. The molecule has 0 amide bonds. The normalized spacial score (nSPS) is 37.2. The minimum atomic E-state index is -0.832. The zero-order valence-electron chi connectivity index (χ0n) is 6.86. The Morgan fingerprint density at radius 1 is 1.42 bits per heavy atom. The van der Waals surface area contributed by atoms with Crippen LogP contribution in [0.2, 0.25) is 0 Å². The molecular weight excluding hydrogens is 152 g/mol. The van der Waals surface area contributed by atoms with Crippen molar-refractivity contribution in [2.75, 3.05) is 0 Å². The lowest BCUT2D eigenvalue weighted by Gasteiger charge is -2.17. The van der Waals surface area contributed by atoms with Gasteiger partial charge in [-0.3, -0.25) is 0 Å². The molecule has 0 saturated heterocycles. The van der Waals surface area contributed by atoms with Gasteiger partial charge in [-0.05, 0) is 30.6 Å². The lowest BCUT2D eigenvalue weighted by molar-refractivity contribution is -0.133. The molecule has 0 spiro atoms. The fourth-order valence-electron chi connectivity index (χ4n) is 2.34. The summed E-state index contributed by atoms with van der Waals surface area (Å²) in [4.78, 5) is 10.6. The van der Waals surface area contributed by atoms with Gasteiger partial charge < -0.3 is 5.11 Å². The summed E-state index contributed by atoms with van der Waals surface area (Å²) in [7, 11) is 0. The van der Waals surface area contributed by atoms with Gasteiger partial charge in [-0.15, -0.1) is 0 Å². The van der Waals surface area contributed by atoms with Crippen molar-refractivity contribution in [3.8, 4) is 0 Å². The predicted octanol–water partition coefficient (Wildman–Crippen LogP) is 1.84. The van der Waals surface area contributed by atoms with Crippen molar-refractivity contribution in [2.24, 2.45) is 17.8 Å². The minimum absolute atomic E-state index is 0.206. The van der Waals surface area contributed by atoms with Crippen molar-refractivity contribution in [1.82, 2.24) is 0 Å². The van der Waals surface area contributed by atoms with E-state index in [1.807, 2.05) is 0 Å². The van der Waals surface area contributed by atoms with Crippen LogP contribution in [-0.4, -0.2) is 11.1 Å². The van der Waals surface area contributed by atoms with Gasteiger partial charge in [0.15, 0.2) is 0 Å². The molecule has 2 rings (SSSR count). The molecule has 0 radical (unpaired) electrons. The van der Waals surface area contributed by atoms with E-state index in [2.05, 4.69) is 18.7 Å². The van der Waals surface area contributed by atoms with Gasteiger partial charge in [0.2, 0.25) is 0 Å². The van der Waals surface area contributed by atoms with Crippen LogP contribution in [0.1, 0.15) is 12.8 Å². The van der Waals surface area contributed by atoms with E-state index >= 15 is 0 Å². The number of allylic oxidation sites excluding steroid dienone is 2. The van der Waals surface area contributed by atoms with Crippen LogP contribution in [0.3, 0.4) is 0 Å². The first-order valence-corrected chi connectivity index (χ1v) is 4.29. The number of carboxylic acids is 1. The molecule has 3 atom stereocenters. The molecule has 2 heteroatoms. The summed E-state index contributed by atoms with van der Waals surface area (Å²) in [6, 6.07) is 0. The first kappa shape index (κ1) is 7.59. The van der Waals surface area contributed by atoms with Gasteiger partial charge in [0.25, 0.3) is 0 Å². The van der Waals surface area contributed by atoms with Crippen LogP contribution in [0.25, 0.3) is 0 Å². The second-order valence-electron chi connectivity index (χ2n) is 3.72. The highest BCUT2D eigenvalue weighted by atomic mass is 16.4. The quantitative estimate of drug-likeness (QED) is 0.499. The van der Waals surface area contributed by atoms with Crippen molar-refractivity contribution >= 4 is 5.97 Å². The molecule has 0 aliphatic heterocycles. The molecular formula is C10H12O2. The summed E-state index contributed by atoms with van der Waals surface area (Å²) < 4.78 is 0. The summed E-state index contributed by atoms with van der Waals surface area (Å²) in [5.74, 6) is 0.452. The summed E-state index contributed by atoms with van der Waals surface area (Å²) in [5.41, 5.74) is 0.395. The van der Waals surface area contributed by atoms with E-state index in [0.717, 1.165) is 12.8 Å². The Labute approximate surface area is 71.6 Å². The number of hydrogen-bond acceptors (Lipinski definition) is 1. The van der Waals surface area contributed by atoms with E-state index in [-0.39, 0.29) is 5.92 Å². The van der Waals surface area contributed by atoms with Crippen LogP contribution in [0, 0.1) is 17.8 Å².